The molecule has 0 atom stereocenters. The van der Waals surface area contributed by atoms with E-state index in [2.05, 4.69) is 5.32 Å². The molecule has 1 saturated heterocycles. The Bertz CT molecular complexity index is 532. The third-order valence-electron chi connectivity index (χ3n) is 3.10. The van der Waals surface area contributed by atoms with Crippen LogP contribution in [0.3, 0.4) is 0 Å². The molecule has 1 aliphatic heterocycles. The lowest BCUT2D eigenvalue weighted by molar-refractivity contribution is 0.186. The molecule has 1 fully saturated rings. The largest absolute Gasteiger partial charge is 0.314 e. The average Bonchev–Trinajstić information content (AvgIpc) is 2.59. The van der Waals surface area contributed by atoms with Crippen molar-refractivity contribution in [3.05, 3.63) is 16.0 Å². The molecule has 4 nitrogen and oxygen atoms in total. The number of piperazine rings is 1. The van der Waals surface area contributed by atoms with Gasteiger partial charge in [0.2, 0.25) is 0 Å². The fourth-order valence-electron chi connectivity index (χ4n) is 2.08. The summed E-state index contributed by atoms with van der Waals surface area (Å²) in [6.07, 6.45) is 0. The lowest BCUT2D eigenvalue weighted by atomic mass is 10.0. The maximum atomic E-state index is 12.6. The molecular formula is C11H17ClN2O2S2. The number of nitrogens with one attached hydrogen (secondary N) is 1. The monoisotopic (exact) mass is 308 g/mol. The van der Waals surface area contributed by atoms with E-state index in [1.807, 2.05) is 20.8 Å². The molecule has 0 bridgehead atoms. The van der Waals surface area contributed by atoms with Gasteiger partial charge in [0.25, 0.3) is 10.0 Å². The van der Waals surface area contributed by atoms with E-state index in [1.165, 1.54) is 0 Å². The minimum Gasteiger partial charge on any atom is -0.314 e. The summed E-state index contributed by atoms with van der Waals surface area (Å²) in [6, 6.07) is 1.65. The fraction of sp³-hybridized carbons (Fsp3) is 0.636. The topological polar surface area (TPSA) is 49.4 Å². The zero-order valence-electron chi connectivity index (χ0n) is 10.7. The zero-order chi connectivity index (χ0) is 13.6. The standard InChI is InChI=1S/C11H17ClN2O2S2/c1-8-6-9(17-10(8)12)18(15,16)14-5-4-13-7-11(14,2)3/h6,13H,4-5,7H2,1-3H3. The van der Waals surface area contributed by atoms with E-state index in [-0.39, 0.29) is 0 Å². The Labute approximate surface area is 117 Å². The van der Waals surface area contributed by atoms with Crippen molar-refractivity contribution < 1.29 is 8.42 Å². The highest BCUT2D eigenvalue weighted by Gasteiger charge is 2.39. The van der Waals surface area contributed by atoms with Crippen LogP contribution in [0.2, 0.25) is 4.34 Å². The van der Waals surface area contributed by atoms with Gasteiger partial charge in [-0.05, 0) is 32.4 Å². The summed E-state index contributed by atoms with van der Waals surface area (Å²) >= 11 is 7.10. The lowest BCUT2D eigenvalue weighted by Gasteiger charge is -2.41. The third kappa shape index (κ3) is 2.44. The molecule has 2 heterocycles. The molecule has 2 rings (SSSR count). The van der Waals surface area contributed by atoms with Crippen LogP contribution in [0.25, 0.3) is 0 Å². The first-order chi connectivity index (χ1) is 8.25. The van der Waals surface area contributed by atoms with E-state index in [0.717, 1.165) is 16.9 Å². The first kappa shape index (κ1) is 14.3. The van der Waals surface area contributed by atoms with Gasteiger partial charge in [-0.3, -0.25) is 0 Å². The molecule has 0 radical (unpaired) electrons. The Morgan fingerprint density at radius 1 is 1.50 bits per heavy atom. The van der Waals surface area contributed by atoms with Gasteiger partial charge in [0.05, 0.1) is 4.34 Å². The van der Waals surface area contributed by atoms with E-state index >= 15 is 0 Å². The molecule has 18 heavy (non-hydrogen) atoms. The van der Waals surface area contributed by atoms with Crippen molar-refractivity contribution >= 4 is 33.0 Å². The number of nitrogens with zero attached hydrogens (tertiary/aromatic N) is 1. The Hall–Kier alpha value is -0.140. The van der Waals surface area contributed by atoms with Crippen LogP contribution < -0.4 is 5.32 Å². The van der Waals surface area contributed by atoms with Gasteiger partial charge in [-0.1, -0.05) is 11.6 Å². The SMILES string of the molecule is Cc1cc(S(=O)(=O)N2CCNCC2(C)C)sc1Cl. The van der Waals surface area contributed by atoms with E-state index in [0.29, 0.717) is 28.2 Å². The van der Waals surface area contributed by atoms with Gasteiger partial charge in [-0.15, -0.1) is 11.3 Å². The van der Waals surface area contributed by atoms with Crippen LogP contribution in [0, 0.1) is 6.92 Å². The molecule has 0 unspecified atom stereocenters. The van der Waals surface area contributed by atoms with Gasteiger partial charge in [0.15, 0.2) is 0 Å². The summed E-state index contributed by atoms with van der Waals surface area (Å²) in [5.74, 6) is 0. The minimum absolute atomic E-state index is 0.333. The van der Waals surface area contributed by atoms with Crippen molar-refractivity contribution in [3.8, 4) is 0 Å². The molecule has 0 spiro atoms. The van der Waals surface area contributed by atoms with Gasteiger partial charge in [-0.2, -0.15) is 4.31 Å². The highest BCUT2D eigenvalue weighted by Crippen LogP contribution is 2.34. The third-order valence-corrected chi connectivity index (χ3v) is 7.22. The van der Waals surface area contributed by atoms with Crippen LogP contribution in [0.1, 0.15) is 19.4 Å². The van der Waals surface area contributed by atoms with Crippen LogP contribution >= 0.6 is 22.9 Å². The minimum atomic E-state index is -3.44. The summed E-state index contributed by atoms with van der Waals surface area (Å²) in [5.41, 5.74) is 0.398. The highest BCUT2D eigenvalue weighted by molar-refractivity contribution is 7.91. The molecule has 0 amide bonds. The highest BCUT2D eigenvalue weighted by atomic mass is 35.5. The van der Waals surface area contributed by atoms with Crippen LogP contribution in [-0.2, 0) is 10.0 Å². The van der Waals surface area contributed by atoms with Crippen LogP contribution in [0.4, 0.5) is 0 Å². The summed E-state index contributed by atoms with van der Waals surface area (Å²) in [4.78, 5) is 0. The first-order valence-electron chi connectivity index (χ1n) is 5.75. The second-order valence-electron chi connectivity index (χ2n) is 5.09. The Morgan fingerprint density at radius 2 is 2.17 bits per heavy atom. The molecule has 0 saturated carbocycles. The molecular weight excluding hydrogens is 292 g/mol. The molecule has 7 heteroatoms. The van der Waals surface area contributed by atoms with E-state index in [4.69, 9.17) is 11.6 Å². The van der Waals surface area contributed by atoms with Crippen molar-refractivity contribution in [1.82, 2.24) is 9.62 Å². The van der Waals surface area contributed by atoms with Crippen LogP contribution in [0.15, 0.2) is 10.3 Å². The van der Waals surface area contributed by atoms with Crippen LogP contribution in [-0.4, -0.2) is 37.9 Å². The van der Waals surface area contributed by atoms with Crippen molar-refractivity contribution in [2.24, 2.45) is 0 Å². The summed E-state index contributed by atoms with van der Waals surface area (Å²) in [7, 11) is -3.44. The number of hydrogen-bond donors (Lipinski definition) is 1. The fourth-order valence-corrected chi connectivity index (χ4v) is 5.68. The summed E-state index contributed by atoms with van der Waals surface area (Å²) in [5, 5.41) is 3.22. The molecule has 1 aromatic heterocycles. The zero-order valence-corrected chi connectivity index (χ0v) is 13.0. The maximum Gasteiger partial charge on any atom is 0.253 e. The van der Waals surface area contributed by atoms with Crippen molar-refractivity contribution in [2.75, 3.05) is 19.6 Å². The number of rotatable bonds is 2. The normalized spacial score (nSPS) is 21.1. The van der Waals surface area contributed by atoms with E-state index in [9.17, 15) is 8.42 Å². The number of halogens is 1. The molecule has 102 valence electrons. The maximum absolute atomic E-state index is 12.6. The average molecular weight is 309 g/mol. The van der Waals surface area contributed by atoms with Crippen molar-refractivity contribution in [2.45, 2.75) is 30.5 Å². The quantitative estimate of drug-likeness (QED) is 0.910. The second-order valence-corrected chi connectivity index (χ2v) is 8.83. The van der Waals surface area contributed by atoms with Gasteiger partial charge >= 0.3 is 0 Å². The molecule has 1 aromatic rings. The Balaban J connectivity index is 2.42. The summed E-state index contributed by atoms with van der Waals surface area (Å²) in [6.45, 7) is 7.51. The molecule has 1 aliphatic rings. The van der Waals surface area contributed by atoms with Gasteiger partial charge in [0, 0.05) is 25.2 Å². The predicted molar refractivity (Wildman–Crippen MR) is 74.9 cm³/mol. The number of aryl methyl sites for hydroxylation is 1. The predicted octanol–water partition coefficient (Wildman–Crippen LogP) is 2.08. The molecule has 0 aromatic carbocycles. The molecule has 0 aliphatic carbocycles. The van der Waals surface area contributed by atoms with Crippen molar-refractivity contribution in [1.29, 1.82) is 0 Å². The van der Waals surface area contributed by atoms with Crippen LogP contribution in [0.5, 0.6) is 0 Å². The van der Waals surface area contributed by atoms with E-state index in [1.54, 1.807) is 10.4 Å². The Morgan fingerprint density at radius 3 is 2.67 bits per heavy atom. The number of sulfonamides is 1. The number of thiophene rings is 1. The lowest BCUT2D eigenvalue weighted by Crippen LogP contribution is -2.59. The number of hydrogen-bond acceptors (Lipinski definition) is 4. The Kier molecular flexibility index (Phi) is 3.77. The smallest absolute Gasteiger partial charge is 0.253 e. The van der Waals surface area contributed by atoms with E-state index < -0.39 is 15.6 Å². The summed E-state index contributed by atoms with van der Waals surface area (Å²) < 4.78 is 27.7. The molecule has 1 N–H and O–H groups in total. The second kappa shape index (κ2) is 4.76. The van der Waals surface area contributed by atoms with Crippen molar-refractivity contribution in [3.63, 3.8) is 0 Å². The first-order valence-corrected chi connectivity index (χ1v) is 8.38. The van der Waals surface area contributed by atoms with Gasteiger partial charge in [-0.25, -0.2) is 8.42 Å². The van der Waals surface area contributed by atoms with Gasteiger partial charge in [0.1, 0.15) is 4.21 Å². The van der Waals surface area contributed by atoms with Gasteiger partial charge < -0.3 is 5.32 Å².